The van der Waals surface area contributed by atoms with Crippen LogP contribution in [0, 0.1) is 12.3 Å². The number of hydrogen-bond donors (Lipinski definition) is 2. The molecular formula is C23H28N4O3S. The summed E-state index contributed by atoms with van der Waals surface area (Å²) in [7, 11) is 3.50. The number of aromatic nitrogens is 2. The van der Waals surface area contributed by atoms with E-state index in [4.69, 9.17) is 4.74 Å². The molecule has 1 atom stereocenters. The number of nitrogens with zero attached hydrogens (tertiary/aromatic N) is 2. The average molecular weight is 441 g/mol. The van der Waals surface area contributed by atoms with Crippen LogP contribution < -0.4 is 15.4 Å². The molecule has 0 fully saturated rings. The Morgan fingerprint density at radius 1 is 1.19 bits per heavy atom. The molecule has 0 saturated carbocycles. The maximum Gasteiger partial charge on any atom is 0.262 e. The zero-order valence-corrected chi connectivity index (χ0v) is 19.5. The first-order valence-electron chi connectivity index (χ1n) is 9.94. The van der Waals surface area contributed by atoms with Crippen LogP contribution in [0.3, 0.4) is 0 Å². The van der Waals surface area contributed by atoms with Crippen molar-refractivity contribution < 1.29 is 14.3 Å². The Bertz CT molecular complexity index is 1080. The number of anilines is 1. The summed E-state index contributed by atoms with van der Waals surface area (Å²) in [5, 5.41) is 6.66. The van der Waals surface area contributed by atoms with E-state index in [1.807, 2.05) is 75.8 Å². The van der Waals surface area contributed by atoms with Gasteiger partial charge in [-0.1, -0.05) is 32.9 Å². The highest BCUT2D eigenvalue weighted by atomic mass is 32.1. The van der Waals surface area contributed by atoms with Crippen LogP contribution in [0.2, 0.25) is 0 Å². The van der Waals surface area contributed by atoms with Crippen LogP contribution in [0.1, 0.15) is 53.4 Å². The molecule has 8 heteroatoms. The predicted octanol–water partition coefficient (Wildman–Crippen LogP) is 4.30. The maximum absolute atomic E-state index is 13.2. The van der Waals surface area contributed by atoms with Gasteiger partial charge in [0.2, 0.25) is 5.91 Å². The van der Waals surface area contributed by atoms with Gasteiger partial charge in [0.25, 0.3) is 5.91 Å². The molecule has 0 bridgehead atoms. The van der Waals surface area contributed by atoms with E-state index in [-0.39, 0.29) is 11.8 Å². The SMILES string of the molecule is COc1ccc([C@@H](NC(=O)c2sc(NC(=O)C(C)(C)C)cc2C)c2nccn2C)cc1. The molecule has 0 radical (unpaired) electrons. The molecule has 0 saturated heterocycles. The monoisotopic (exact) mass is 440 g/mol. The first-order chi connectivity index (χ1) is 14.6. The minimum absolute atomic E-state index is 0.0928. The number of ether oxygens (including phenoxy) is 1. The second-order valence-corrected chi connectivity index (χ2v) is 9.46. The van der Waals surface area contributed by atoms with Crippen LogP contribution in [-0.2, 0) is 11.8 Å². The maximum atomic E-state index is 13.2. The fourth-order valence-electron chi connectivity index (χ4n) is 3.01. The summed E-state index contributed by atoms with van der Waals surface area (Å²) < 4.78 is 7.13. The normalized spacial score (nSPS) is 12.3. The Morgan fingerprint density at radius 3 is 2.42 bits per heavy atom. The summed E-state index contributed by atoms with van der Waals surface area (Å²) in [6, 6.07) is 8.92. The number of amides is 2. The summed E-state index contributed by atoms with van der Waals surface area (Å²) in [5.74, 6) is 1.14. The van der Waals surface area contributed by atoms with Gasteiger partial charge in [-0.05, 0) is 36.2 Å². The van der Waals surface area contributed by atoms with Gasteiger partial charge in [0.1, 0.15) is 17.6 Å². The van der Waals surface area contributed by atoms with E-state index < -0.39 is 11.5 Å². The van der Waals surface area contributed by atoms with Crippen LogP contribution in [0.4, 0.5) is 5.00 Å². The van der Waals surface area contributed by atoms with Gasteiger partial charge in [-0.15, -0.1) is 11.3 Å². The van der Waals surface area contributed by atoms with Crippen molar-refractivity contribution in [2.75, 3.05) is 12.4 Å². The fourth-order valence-corrected chi connectivity index (χ4v) is 3.98. The lowest BCUT2D eigenvalue weighted by atomic mass is 9.96. The average Bonchev–Trinajstić information content (AvgIpc) is 3.30. The molecule has 164 valence electrons. The quantitative estimate of drug-likeness (QED) is 0.598. The number of imidazole rings is 1. The number of methoxy groups -OCH3 is 1. The Balaban J connectivity index is 1.87. The number of rotatable bonds is 6. The minimum atomic E-state index is -0.516. The molecule has 2 heterocycles. The molecule has 31 heavy (non-hydrogen) atoms. The molecule has 3 rings (SSSR count). The summed E-state index contributed by atoms with van der Waals surface area (Å²) >= 11 is 1.27. The highest BCUT2D eigenvalue weighted by molar-refractivity contribution is 7.18. The molecule has 0 aliphatic carbocycles. The van der Waals surface area contributed by atoms with Crippen molar-refractivity contribution >= 4 is 28.2 Å². The van der Waals surface area contributed by atoms with Gasteiger partial charge in [-0.2, -0.15) is 0 Å². The molecule has 2 amide bonds. The van der Waals surface area contributed by atoms with E-state index in [2.05, 4.69) is 15.6 Å². The second kappa shape index (κ2) is 8.93. The number of hydrogen-bond acceptors (Lipinski definition) is 5. The van der Waals surface area contributed by atoms with Gasteiger partial charge in [0.05, 0.1) is 17.0 Å². The van der Waals surface area contributed by atoms with Crippen LogP contribution >= 0.6 is 11.3 Å². The molecule has 0 spiro atoms. The Morgan fingerprint density at radius 2 is 1.87 bits per heavy atom. The third-order valence-corrected chi connectivity index (χ3v) is 6.03. The third kappa shape index (κ3) is 5.14. The van der Waals surface area contributed by atoms with E-state index in [0.29, 0.717) is 15.7 Å². The standard InChI is InChI=1S/C23H28N4O3S/c1-14-13-17(25-22(29)23(2,3)4)31-19(14)21(28)26-18(20-24-11-12-27(20)5)15-7-9-16(30-6)10-8-15/h7-13,18H,1-6H3,(H,25,29)(H,26,28)/t18-/m1/s1. The van der Waals surface area contributed by atoms with Crippen molar-refractivity contribution in [2.45, 2.75) is 33.7 Å². The lowest BCUT2D eigenvalue weighted by Gasteiger charge is -2.19. The zero-order valence-electron chi connectivity index (χ0n) is 18.6. The molecule has 0 unspecified atom stereocenters. The van der Waals surface area contributed by atoms with Gasteiger partial charge in [0, 0.05) is 24.9 Å². The van der Waals surface area contributed by atoms with E-state index in [1.54, 1.807) is 13.3 Å². The van der Waals surface area contributed by atoms with Crippen LogP contribution in [-0.4, -0.2) is 28.5 Å². The number of aryl methyl sites for hydroxylation is 2. The van der Waals surface area contributed by atoms with Crippen molar-refractivity contribution in [3.63, 3.8) is 0 Å². The number of thiophene rings is 1. The van der Waals surface area contributed by atoms with E-state index in [0.717, 1.165) is 16.9 Å². The third-order valence-electron chi connectivity index (χ3n) is 4.88. The van der Waals surface area contributed by atoms with Crippen LogP contribution in [0.25, 0.3) is 0 Å². The van der Waals surface area contributed by atoms with E-state index >= 15 is 0 Å². The van der Waals surface area contributed by atoms with Crippen molar-refractivity contribution in [3.8, 4) is 5.75 Å². The van der Waals surface area contributed by atoms with Crippen molar-refractivity contribution in [1.82, 2.24) is 14.9 Å². The van der Waals surface area contributed by atoms with E-state index in [9.17, 15) is 9.59 Å². The Kier molecular flexibility index (Phi) is 6.50. The van der Waals surface area contributed by atoms with Crippen LogP contribution in [0.5, 0.6) is 5.75 Å². The van der Waals surface area contributed by atoms with E-state index in [1.165, 1.54) is 11.3 Å². The molecule has 0 aliphatic rings. The number of carbonyl (C=O) groups excluding carboxylic acids is 2. The number of carbonyl (C=O) groups is 2. The lowest BCUT2D eigenvalue weighted by Crippen LogP contribution is -2.31. The topological polar surface area (TPSA) is 85.2 Å². The van der Waals surface area contributed by atoms with Crippen molar-refractivity contribution in [2.24, 2.45) is 12.5 Å². The second-order valence-electron chi connectivity index (χ2n) is 8.40. The van der Waals surface area contributed by atoms with Gasteiger partial charge in [0.15, 0.2) is 0 Å². The number of benzene rings is 1. The fraction of sp³-hybridized carbons (Fsp3) is 0.348. The van der Waals surface area contributed by atoms with Crippen molar-refractivity contribution in [3.05, 3.63) is 64.6 Å². The lowest BCUT2D eigenvalue weighted by molar-refractivity contribution is -0.123. The van der Waals surface area contributed by atoms with Gasteiger partial charge in [-0.3, -0.25) is 9.59 Å². The van der Waals surface area contributed by atoms with Gasteiger partial charge < -0.3 is 19.9 Å². The Labute approximate surface area is 186 Å². The zero-order chi connectivity index (χ0) is 22.8. The van der Waals surface area contributed by atoms with Gasteiger partial charge in [-0.25, -0.2) is 4.98 Å². The minimum Gasteiger partial charge on any atom is -0.497 e. The first kappa shape index (κ1) is 22.6. The summed E-state index contributed by atoms with van der Waals surface area (Å²) in [6.07, 6.45) is 3.54. The summed E-state index contributed by atoms with van der Waals surface area (Å²) in [5.41, 5.74) is 1.18. The highest BCUT2D eigenvalue weighted by Gasteiger charge is 2.25. The molecule has 2 aromatic heterocycles. The molecule has 0 aliphatic heterocycles. The smallest absolute Gasteiger partial charge is 0.262 e. The first-order valence-corrected chi connectivity index (χ1v) is 10.8. The van der Waals surface area contributed by atoms with Crippen LogP contribution in [0.15, 0.2) is 42.7 Å². The molecule has 7 nitrogen and oxygen atoms in total. The molecular weight excluding hydrogens is 412 g/mol. The molecule has 2 N–H and O–H groups in total. The summed E-state index contributed by atoms with van der Waals surface area (Å²) in [6.45, 7) is 7.41. The largest absolute Gasteiger partial charge is 0.497 e. The summed E-state index contributed by atoms with van der Waals surface area (Å²) in [4.78, 5) is 30.5. The Hall–Kier alpha value is -3.13. The highest BCUT2D eigenvalue weighted by Crippen LogP contribution is 2.30. The van der Waals surface area contributed by atoms with Gasteiger partial charge >= 0.3 is 0 Å². The predicted molar refractivity (Wildman–Crippen MR) is 123 cm³/mol. The number of nitrogens with one attached hydrogen (secondary N) is 2. The van der Waals surface area contributed by atoms with Crippen molar-refractivity contribution in [1.29, 1.82) is 0 Å². The molecule has 1 aromatic carbocycles. The molecule has 3 aromatic rings.